The van der Waals surface area contributed by atoms with Crippen molar-refractivity contribution in [1.29, 1.82) is 0 Å². The standard InChI is InChI=1S/C32H62N6O7/c1-9-11-12-13-14-26(45-16-15-35-29(41)22(6)19-39)23(7)32(44)38(8)25(17-20(3)4)30(42)37-27(21(5)10-2)31(43)36-24(18-33)28(34)40/h20-27,39H,9-19,33H2,1-8H3,(H2,34,40)(H,35,41)(H,36,43)(H,37,42)/t21-,22+,23-,24+,25+,26-,27+/m1/s1. The summed E-state index contributed by atoms with van der Waals surface area (Å²) >= 11 is 0. The smallest absolute Gasteiger partial charge is 0.243 e. The summed E-state index contributed by atoms with van der Waals surface area (Å²) in [6.45, 7) is 13.1. The third kappa shape index (κ3) is 15.4. The fourth-order valence-electron chi connectivity index (χ4n) is 4.87. The number of carbonyl (C=O) groups excluding carboxylic acids is 5. The number of primary amides is 1. The number of hydrogen-bond donors (Lipinski definition) is 6. The van der Waals surface area contributed by atoms with Gasteiger partial charge in [0.2, 0.25) is 29.5 Å². The zero-order valence-corrected chi connectivity index (χ0v) is 28.9. The van der Waals surface area contributed by atoms with Gasteiger partial charge in [0.1, 0.15) is 18.1 Å². The number of unbranched alkanes of at least 4 members (excludes halogenated alkanes) is 3. The van der Waals surface area contributed by atoms with Crippen LogP contribution in [0.25, 0.3) is 0 Å². The van der Waals surface area contributed by atoms with Crippen LogP contribution in [0, 0.1) is 23.7 Å². The molecular weight excluding hydrogens is 580 g/mol. The average Bonchev–Trinajstić information content (AvgIpc) is 3.01. The summed E-state index contributed by atoms with van der Waals surface area (Å²) in [5, 5.41) is 17.3. The molecule has 0 aromatic heterocycles. The molecule has 45 heavy (non-hydrogen) atoms. The fourth-order valence-corrected chi connectivity index (χ4v) is 4.87. The molecule has 0 aliphatic carbocycles. The van der Waals surface area contributed by atoms with Gasteiger partial charge in [-0.1, -0.05) is 80.6 Å². The van der Waals surface area contributed by atoms with E-state index in [4.69, 9.17) is 16.2 Å². The molecule has 0 fully saturated rings. The lowest BCUT2D eigenvalue weighted by molar-refractivity contribution is -0.147. The lowest BCUT2D eigenvalue weighted by atomic mass is 9.94. The summed E-state index contributed by atoms with van der Waals surface area (Å²) in [6.07, 6.45) is 5.12. The quantitative estimate of drug-likeness (QED) is 0.0837. The number of aliphatic hydroxyl groups is 1. The minimum absolute atomic E-state index is 0.0599. The number of rotatable bonds is 24. The Kier molecular flexibility index (Phi) is 21.3. The van der Waals surface area contributed by atoms with Crippen LogP contribution in [-0.4, -0.2) is 97.1 Å². The minimum atomic E-state index is -1.07. The lowest BCUT2D eigenvalue weighted by Gasteiger charge is -2.34. The van der Waals surface area contributed by atoms with Crippen LogP contribution in [0.2, 0.25) is 0 Å². The number of nitrogens with one attached hydrogen (secondary N) is 3. The number of ether oxygens (including phenoxy) is 1. The Morgan fingerprint density at radius 2 is 1.56 bits per heavy atom. The molecule has 7 atom stereocenters. The van der Waals surface area contributed by atoms with Crippen LogP contribution in [0.15, 0.2) is 0 Å². The van der Waals surface area contributed by atoms with Crippen molar-refractivity contribution >= 4 is 29.5 Å². The van der Waals surface area contributed by atoms with Gasteiger partial charge in [0.25, 0.3) is 0 Å². The highest BCUT2D eigenvalue weighted by molar-refractivity contribution is 5.94. The molecule has 0 saturated heterocycles. The van der Waals surface area contributed by atoms with Crippen LogP contribution in [-0.2, 0) is 28.7 Å². The van der Waals surface area contributed by atoms with Gasteiger partial charge >= 0.3 is 0 Å². The van der Waals surface area contributed by atoms with E-state index >= 15 is 0 Å². The third-order valence-corrected chi connectivity index (χ3v) is 8.25. The van der Waals surface area contributed by atoms with Crippen molar-refractivity contribution < 1.29 is 33.8 Å². The summed E-state index contributed by atoms with van der Waals surface area (Å²) in [5.41, 5.74) is 10.9. The van der Waals surface area contributed by atoms with Crippen LogP contribution in [0.5, 0.6) is 0 Å². The lowest BCUT2D eigenvalue weighted by Crippen LogP contribution is -2.60. The van der Waals surface area contributed by atoms with Gasteiger partial charge in [0, 0.05) is 20.1 Å². The Hall–Kier alpha value is -2.77. The molecule has 13 heteroatoms. The highest BCUT2D eigenvalue weighted by atomic mass is 16.5. The fraction of sp³-hybridized carbons (Fsp3) is 0.844. The number of amides is 5. The van der Waals surface area contributed by atoms with Crippen LogP contribution in [0.1, 0.15) is 93.4 Å². The number of nitrogens with two attached hydrogens (primary N) is 2. The largest absolute Gasteiger partial charge is 0.396 e. The van der Waals surface area contributed by atoms with Gasteiger partial charge in [0.15, 0.2) is 0 Å². The van der Waals surface area contributed by atoms with E-state index < -0.39 is 53.8 Å². The molecule has 0 heterocycles. The molecule has 5 amide bonds. The molecule has 0 rings (SSSR count). The Bertz CT molecular complexity index is 918. The van der Waals surface area contributed by atoms with E-state index in [2.05, 4.69) is 22.9 Å². The summed E-state index contributed by atoms with van der Waals surface area (Å²) in [6, 6.07) is -2.90. The van der Waals surface area contributed by atoms with E-state index in [1.165, 1.54) is 4.90 Å². The molecule has 0 aliphatic heterocycles. The first-order chi connectivity index (χ1) is 21.2. The number of likely N-dealkylation sites (N-methyl/N-ethyl adjacent to an activating group) is 1. The SMILES string of the molecule is CCCCCC[C@@H](OCCNC(=O)[C@@H](C)CO)[C@@H](C)C(=O)N(C)[C@@H](CC(C)C)C(=O)N[C@H](C(=O)N[C@@H](CN)C(N)=O)[C@H](C)CC. The Balaban J connectivity index is 5.88. The number of carbonyl (C=O) groups is 5. The monoisotopic (exact) mass is 642 g/mol. The normalized spacial score (nSPS) is 16.1. The Morgan fingerprint density at radius 3 is 2.07 bits per heavy atom. The maximum absolute atomic E-state index is 13.9. The molecule has 0 aliphatic rings. The van der Waals surface area contributed by atoms with Crippen molar-refractivity contribution in [2.75, 3.05) is 33.4 Å². The minimum Gasteiger partial charge on any atom is -0.396 e. The molecule has 0 bridgehead atoms. The van der Waals surface area contributed by atoms with Crippen molar-refractivity contribution in [3.8, 4) is 0 Å². The molecule has 0 aromatic carbocycles. The molecule has 0 unspecified atom stereocenters. The van der Waals surface area contributed by atoms with Gasteiger partial charge in [-0.3, -0.25) is 24.0 Å². The second kappa shape index (κ2) is 22.7. The van der Waals surface area contributed by atoms with Crippen LogP contribution >= 0.6 is 0 Å². The van der Waals surface area contributed by atoms with Crippen molar-refractivity contribution in [2.24, 2.45) is 35.1 Å². The summed E-state index contributed by atoms with van der Waals surface area (Å²) in [7, 11) is 1.59. The number of nitrogens with zero attached hydrogens (tertiary/aromatic N) is 1. The highest BCUT2D eigenvalue weighted by Gasteiger charge is 2.36. The van der Waals surface area contributed by atoms with E-state index in [0.29, 0.717) is 19.3 Å². The van der Waals surface area contributed by atoms with Crippen LogP contribution in [0.3, 0.4) is 0 Å². The maximum atomic E-state index is 13.9. The summed E-state index contributed by atoms with van der Waals surface area (Å²) in [4.78, 5) is 65.9. The summed E-state index contributed by atoms with van der Waals surface area (Å²) in [5.74, 6) is -3.68. The first-order valence-corrected chi connectivity index (χ1v) is 16.5. The molecule has 0 radical (unpaired) electrons. The van der Waals surface area contributed by atoms with Crippen molar-refractivity contribution in [1.82, 2.24) is 20.9 Å². The van der Waals surface area contributed by atoms with Gasteiger partial charge < -0.3 is 42.2 Å². The van der Waals surface area contributed by atoms with Crippen molar-refractivity contribution in [2.45, 2.75) is 118 Å². The second-order valence-electron chi connectivity index (χ2n) is 12.6. The maximum Gasteiger partial charge on any atom is 0.243 e. The summed E-state index contributed by atoms with van der Waals surface area (Å²) < 4.78 is 6.12. The average molecular weight is 643 g/mol. The van der Waals surface area contributed by atoms with Crippen LogP contribution < -0.4 is 27.4 Å². The van der Waals surface area contributed by atoms with Gasteiger partial charge in [-0.25, -0.2) is 0 Å². The Labute approximate surface area is 270 Å². The Morgan fingerprint density at radius 1 is 0.911 bits per heavy atom. The highest BCUT2D eigenvalue weighted by Crippen LogP contribution is 2.21. The zero-order valence-electron chi connectivity index (χ0n) is 28.9. The first kappa shape index (κ1) is 42.2. The zero-order chi connectivity index (χ0) is 34.7. The molecule has 0 aromatic rings. The number of aliphatic hydroxyl groups excluding tert-OH is 1. The molecule has 262 valence electrons. The second-order valence-corrected chi connectivity index (χ2v) is 12.6. The van der Waals surface area contributed by atoms with Crippen molar-refractivity contribution in [3.63, 3.8) is 0 Å². The van der Waals surface area contributed by atoms with Crippen molar-refractivity contribution in [3.05, 3.63) is 0 Å². The first-order valence-electron chi connectivity index (χ1n) is 16.5. The van der Waals surface area contributed by atoms with E-state index in [1.54, 1.807) is 20.9 Å². The number of hydrogen-bond acceptors (Lipinski definition) is 8. The van der Waals surface area contributed by atoms with E-state index in [1.807, 2.05) is 27.7 Å². The van der Waals surface area contributed by atoms with E-state index in [9.17, 15) is 29.1 Å². The molecule has 13 nitrogen and oxygen atoms in total. The van der Waals surface area contributed by atoms with Gasteiger partial charge in [0.05, 0.1) is 31.2 Å². The molecule has 8 N–H and O–H groups in total. The predicted molar refractivity (Wildman–Crippen MR) is 175 cm³/mol. The molecular formula is C32H62N6O7. The molecule has 0 saturated carbocycles. The topological polar surface area (TPSA) is 206 Å². The van der Waals surface area contributed by atoms with Gasteiger partial charge in [-0.05, 0) is 24.7 Å². The van der Waals surface area contributed by atoms with Gasteiger partial charge in [-0.15, -0.1) is 0 Å². The van der Waals surface area contributed by atoms with Gasteiger partial charge in [-0.2, -0.15) is 0 Å². The van der Waals surface area contributed by atoms with Crippen LogP contribution in [0.4, 0.5) is 0 Å². The predicted octanol–water partition coefficient (Wildman–Crippen LogP) is 1.06. The third-order valence-electron chi connectivity index (χ3n) is 8.25. The van der Waals surface area contributed by atoms with E-state index in [0.717, 1.165) is 25.7 Å². The van der Waals surface area contributed by atoms with E-state index in [-0.39, 0.29) is 50.0 Å². The molecule has 0 spiro atoms.